The molecular formula is C13H14FN3O. The van der Waals surface area contributed by atoms with Gasteiger partial charge in [0.2, 0.25) is 0 Å². The Morgan fingerprint density at radius 2 is 2.33 bits per heavy atom. The lowest BCUT2D eigenvalue weighted by atomic mass is 10.1. The average Bonchev–Trinajstić information content (AvgIpc) is 2.70. The van der Waals surface area contributed by atoms with Crippen molar-refractivity contribution in [2.45, 2.75) is 31.9 Å². The van der Waals surface area contributed by atoms with Crippen molar-refractivity contribution in [1.82, 2.24) is 14.8 Å². The van der Waals surface area contributed by atoms with E-state index in [-0.39, 0.29) is 11.9 Å². The van der Waals surface area contributed by atoms with E-state index in [1.165, 1.54) is 12.1 Å². The van der Waals surface area contributed by atoms with Gasteiger partial charge in [-0.1, -0.05) is 12.1 Å². The van der Waals surface area contributed by atoms with Crippen LogP contribution in [0.1, 0.15) is 23.6 Å². The van der Waals surface area contributed by atoms with Gasteiger partial charge in [0.1, 0.15) is 11.6 Å². The molecule has 0 radical (unpaired) electrons. The standard InChI is InChI=1S/C13H14FN3O/c14-10-3-1-2-9(6-10)7-12-15-13-8-11(18)4-5-17(13)16-12/h1-3,6,11,18H,4-5,7-8H2. The number of benzene rings is 1. The Morgan fingerprint density at radius 3 is 3.17 bits per heavy atom. The predicted octanol–water partition coefficient (Wildman–Crippen LogP) is 1.32. The van der Waals surface area contributed by atoms with Crippen molar-refractivity contribution >= 4 is 0 Å². The van der Waals surface area contributed by atoms with Crippen LogP contribution in [0.5, 0.6) is 0 Å². The zero-order valence-electron chi connectivity index (χ0n) is 9.88. The maximum absolute atomic E-state index is 13.1. The molecule has 0 amide bonds. The van der Waals surface area contributed by atoms with Gasteiger partial charge in [0, 0.05) is 19.4 Å². The summed E-state index contributed by atoms with van der Waals surface area (Å²) in [6, 6.07) is 6.46. The largest absolute Gasteiger partial charge is 0.393 e. The van der Waals surface area contributed by atoms with Gasteiger partial charge in [-0.3, -0.25) is 0 Å². The third-order valence-electron chi connectivity index (χ3n) is 3.14. The summed E-state index contributed by atoms with van der Waals surface area (Å²) >= 11 is 0. The summed E-state index contributed by atoms with van der Waals surface area (Å²) in [5.41, 5.74) is 0.860. The van der Waals surface area contributed by atoms with Crippen LogP contribution in [-0.2, 0) is 19.4 Å². The van der Waals surface area contributed by atoms with Crippen LogP contribution in [-0.4, -0.2) is 26.0 Å². The average molecular weight is 247 g/mol. The molecule has 1 atom stereocenters. The number of fused-ring (bicyclic) bond motifs is 1. The van der Waals surface area contributed by atoms with Crippen molar-refractivity contribution in [2.24, 2.45) is 0 Å². The Labute approximate surface area is 104 Å². The summed E-state index contributed by atoms with van der Waals surface area (Å²) in [5, 5.41) is 13.9. The fourth-order valence-corrected chi connectivity index (χ4v) is 2.24. The molecule has 94 valence electrons. The van der Waals surface area contributed by atoms with E-state index in [1.54, 1.807) is 6.07 Å². The van der Waals surface area contributed by atoms with E-state index in [1.807, 2.05) is 10.7 Å². The first-order valence-corrected chi connectivity index (χ1v) is 6.06. The summed E-state index contributed by atoms with van der Waals surface area (Å²) in [6.07, 6.45) is 1.48. The van der Waals surface area contributed by atoms with E-state index in [2.05, 4.69) is 10.1 Å². The lowest BCUT2D eigenvalue weighted by Gasteiger charge is -2.16. The maximum Gasteiger partial charge on any atom is 0.155 e. The fraction of sp³-hybridized carbons (Fsp3) is 0.385. The normalized spacial score (nSPS) is 18.7. The van der Waals surface area contributed by atoms with Gasteiger partial charge in [-0.05, 0) is 24.1 Å². The minimum absolute atomic E-state index is 0.244. The van der Waals surface area contributed by atoms with E-state index in [4.69, 9.17) is 0 Å². The van der Waals surface area contributed by atoms with Crippen LogP contribution in [0.15, 0.2) is 24.3 Å². The molecule has 1 aromatic heterocycles. The SMILES string of the molecule is OC1CCn2nc(Cc3cccc(F)c3)nc2C1. The molecule has 0 bridgehead atoms. The fourth-order valence-electron chi connectivity index (χ4n) is 2.24. The quantitative estimate of drug-likeness (QED) is 0.870. The number of nitrogens with zero attached hydrogens (tertiary/aromatic N) is 3. The van der Waals surface area contributed by atoms with Crippen LogP contribution < -0.4 is 0 Å². The molecule has 0 saturated heterocycles. The molecule has 0 aliphatic carbocycles. The highest BCUT2D eigenvalue weighted by Crippen LogP contribution is 2.15. The second kappa shape index (κ2) is 4.49. The number of aliphatic hydroxyl groups excluding tert-OH is 1. The molecule has 1 aromatic carbocycles. The summed E-state index contributed by atoms with van der Waals surface area (Å²) in [6.45, 7) is 0.701. The molecular weight excluding hydrogens is 233 g/mol. The van der Waals surface area contributed by atoms with Crippen LogP contribution in [0.25, 0.3) is 0 Å². The van der Waals surface area contributed by atoms with Gasteiger partial charge in [-0.2, -0.15) is 5.10 Å². The minimum atomic E-state index is -0.316. The van der Waals surface area contributed by atoms with Crippen LogP contribution in [0, 0.1) is 5.82 Å². The Hall–Kier alpha value is -1.75. The van der Waals surface area contributed by atoms with E-state index < -0.39 is 0 Å². The zero-order valence-corrected chi connectivity index (χ0v) is 9.88. The van der Waals surface area contributed by atoms with Gasteiger partial charge in [0.05, 0.1) is 6.10 Å². The van der Waals surface area contributed by atoms with Crippen molar-refractivity contribution in [3.63, 3.8) is 0 Å². The van der Waals surface area contributed by atoms with E-state index in [9.17, 15) is 9.50 Å². The van der Waals surface area contributed by atoms with Crippen molar-refractivity contribution < 1.29 is 9.50 Å². The van der Waals surface area contributed by atoms with Crippen LogP contribution in [0.3, 0.4) is 0 Å². The van der Waals surface area contributed by atoms with Gasteiger partial charge >= 0.3 is 0 Å². The molecule has 0 spiro atoms. The number of aryl methyl sites for hydroxylation is 1. The van der Waals surface area contributed by atoms with E-state index >= 15 is 0 Å². The summed E-state index contributed by atoms with van der Waals surface area (Å²) < 4.78 is 14.9. The molecule has 1 aliphatic heterocycles. The molecule has 1 aliphatic rings. The van der Waals surface area contributed by atoms with Crippen molar-refractivity contribution in [2.75, 3.05) is 0 Å². The molecule has 1 unspecified atom stereocenters. The van der Waals surface area contributed by atoms with Crippen LogP contribution >= 0.6 is 0 Å². The Balaban J connectivity index is 1.82. The zero-order chi connectivity index (χ0) is 12.5. The smallest absolute Gasteiger partial charge is 0.155 e. The van der Waals surface area contributed by atoms with Gasteiger partial charge in [0.15, 0.2) is 5.82 Å². The Morgan fingerprint density at radius 1 is 1.44 bits per heavy atom. The highest BCUT2D eigenvalue weighted by Gasteiger charge is 2.19. The van der Waals surface area contributed by atoms with E-state index in [0.717, 1.165) is 17.8 Å². The molecule has 0 saturated carbocycles. The topological polar surface area (TPSA) is 50.9 Å². The summed E-state index contributed by atoms with van der Waals surface area (Å²) in [5.74, 6) is 1.26. The molecule has 1 N–H and O–H groups in total. The maximum atomic E-state index is 13.1. The number of aromatic nitrogens is 3. The lowest BCUT2D eigenvalue weighted by Crippen LogP contribution is -2.23. The van der Waals surface area contributed by atoms with Crippen LogP contribution in [0.2, 0.25) is 0 Å². The van der Waals surface area contributed by atoms with E-state index in [0.29, 0.717) is 25.2 Å². The molecule has 18 heavy (non-hydrogen) atoms. The number of hydrogen-bond donors (Lipinski definition) is 1. The third-order valence-corrected chi connectivity index (χ3v) is 3.14. The Kier molecular flexibility index (Phi) is 2.83. The van der Waals surface area contributed by atoms with Gasteiger partial charge in [-0.25, -0.2) is 14.1 Å². The molecule has 4 nitrogen and oxygen atoms in total. The van der Waals surface area contributed by atoms with Crippen molar-refractivity contribution in [3.05, 3.63) is 47.3 Å². The van der Waals surface area contributed by atoms with Gasteiger partial charge < -0.3 is 5.11 Å². The summed E-state index contributed by atoms with van der Waals surface area (Å²) in [7, 11) is 0. The monoisotopic (exact) mass is 247 g/mol. The first-order chi connectivity index (χ1) is 8.70. The lowest BCUT2D eigenvalue weighted by molar-refractivity contribution is 0.138. The molecule has 2 heterocycles. The van der Waals surface area contributed by atoms with Crippen molar-refractivity contribution in [1.29, 1.82) is 0 Å². The highest BCUT2D eigenvalue weighted by molar-refractivity contribution is 5.20. The number of halogens is 1. The Bertz CT molecular complexity index is 567. The van der Waals surface area contributed by atoms with Crippen molar-refractivity contribution in [3.8, 4) is 0 Å². The summed E-state index contributed by atoms with van der Waals surface area (Å²) in [4.78, 5) is 4.40. The van der Waals surface area contributed by atoms with Gasteiger partial charge in [0.25, 0.3) is 0 Å². The molecule has 5 heteroatoms. The number of hydrogen-bond acceptors (Lipinski definition) is 3. The molecule has 3 rings (SSSR count). The van der Waals surface area contributed by atoms with Gasteiger partial charge in [-0.15, -0.1) is 0 Å². The predicted molar refractivity (Wildman–Crippen MR) is 63.6 cm³/mol. The molecule has 2 aromatic rings. The first-order valence-electron chi connectivity index (χ1n) is 6.06. The highest BCUT2D eigenvalue weighted by atomic mass is 19.1. The second-order valence-electron chi connectivity index (χ2n) is 4.62. The third kappa shape index (κ3) is 2.26. The number of aliphatic hydroxyl groups is 1. The molecule has 0 fully saturated rings. The first kappa shape index (κ1) is 11.3. The minimum Gasteiger partial charge on any atom is -0.393 e. The van der Waals surface area contributed by atoms with Crippen LogP contribution in [0.4, 0.5) is 4.39 Å². The number of rotatable bonds is 2. The second-order valence-corrected chi connectivity index (χ2v) is 4.62.